The number of urea groups is 1. The summed E-state index contributed by atoms with van der Waals surface area (Å²) in [7, 11) is 1.78. The lowest BCUT2D eigenvalue weighted by Crippen LogP contribution is -2.31. The van der Waals surface area contributed by atoms with Crippen LogP contribution in [0.5, 0.6) is 0 Å². The van der Waals surface area contributed by atoms with Gasteiger partial charge in [0.05, 0.1) is 24.1 Å². The van der Waals surface area contributed by atoms with Crippen LogP contribution >= 0.6 is 0 Å². The average Bonchev–Trinajstić information content (AvgIpc) is 3.26. The van der Waals surface area contributed by atoms with E-state index < -0.39 is 0 Å². The minimum atomic E-state index is -0.184. The first-order chi connectivity index (χ1) is 13.4. The Bertz CT molecular complexity index is 941. The van der Waals surface area contributed by atoms with E-state index >= 15 is 0 Å². The molecule has 0 atom stereocenters. The number of hydrogen-bond acceptors (Lipinski definition) is 3. The van der Waals surface area contributed by atoms with Gasteiger partial charge in [-0.25, -0.2) is 9.48 Å². The number of carbonyl (C=O) groups is 1. The van der Waals surface area contributed by atoms with E-state index in [2.05, 4.69) is 36.3 Å². The summed E-state index contributed by atoms with van der Waals surface area (Å²) < 4.78 is 3.71. The number of aromatic nitrogens is 4. The number of nitrogens with one attached hydrogen (secondary N) is 1. The number of carbonyl (C=O) groups excluding carboxylic acids is 1. The molecule has 1 aromatic carbocycles. The van der Waals surface area contributed by atoms with Crippen molar-refractivity contribution in [2.45, 2.75) is 46.7 Å². The number of aryl methyl sites for hydroxylation is 1. The Balaban J connectivity index is 1.80. The van der Waals surface area contributed by atoms with E-state index in [9.17, 15) is 4.79 Å². The zero-order chi connectivity index (χ0) is 20.3. The first-order valence-corrected chi connectivity index (χ1v) is 9.59. The summed E-state index contributed by atoms with van der Waals surface area (Å²) >= 11 is 0. The Morgan fingerprint density at radius 1 is 1.25 bits per heavy atom. The van der Waals surface area contributed by atoms with Crippen molar-refractivity contribution >= 4 is 11.8 Å². The molecule has 0 saturated carbocycles. The van der Waals surface area contributed by atoms with Gasteiger partial charge in [0.2, 0.25) is 0 Å². The Morgan fingerprint density at radius 3 is 2.57 bits per heavy atom. The third kappa shape index (κ3) is 4.08. The molecule has 148 valence electrons. The van der Waals surface area contributed by atoms with Crippen LogP contribution in [0, 0.1) is 6.92 Å². The maximum Gasteiger partial charge on any atom is 0.323 e. The quantitative estimate of drug-likeness (QED) is 0.697. The Kier molecular flexibility index (Phi) is 5.82. The second-order valence-corrected chi connectivity index (χ2v) is 7.21. The molecule has 0 unspecified atom stereocenters. The summed E-state index contributed by atoms with van der Waals surface area (Å²) in [5.41, 5.74) is 3.96. The molecule has 0 bridgehead atoms. The molecule has 7 heteroatoms. The van der Waals surface area contributed by atoms with Crippen LogP contribution in [-0.4, -0.2) is 37.5 Å². The Hall–Kier alpha value is -3.09. The molecule has 1 N–H and O–H groups in total. The first-order valence-electron chi connectivity index (χ1n) is 9.59. The van der Waals surface area contributed by atoms with Gasteiger partial charge in [0.25, 0.3) is 0 Å². The summed E-state index contributed by atoms with van der Waals surface area (Å²) in [4.78, 5) is 14.5. The van der Waals surface area contributed by atoms with Gasteiger partial charge in [-0.1, -0.05) is 32.0 Å². The number of hydrogen-bond donors (Lipinski definition) is 1. The summed E-state index contributed by atoms with van der Waals surface area (Å²) in [5, 5.41) is 12.0. The number of para-hydroxylation sites is 1. The lowest BCUT2D eigenvalue weighted by atomic mass is 10.1. The van der Waals surface area contributed by atoms with Crippen LogP contribution in [0.2, 0.25) is 0 Å². The predicted octanol–water partition coefficient (Wildman–Crippen LogP) is 4.18. The zero-order valence-electron chi connectivity index (χ0n) is 17.2. The highest BCUT2D eigenvalue weighted by atomic mass is 16.2. The molecule has 2 aromatic heterocycles. The topological polar surface area (TPSA) is 68.0 Å². The van der Waals surface area contributed by atoms with E-state index in [1.54, 1.807) is 16.6 Å². The monoisotopic (exact) mass is 380 g/mol. The highest BCUT2D eigenvalue weighted by Crippen LogP contribution is 2.22. The highest BCUT2D eigenvalue weighted by molar-refractivity contribution is 5.88. The Labute approximate surface area is 166 Å². The fourth-order valence-corrected chi connectivity index (χ4v) is 3.03. The van der Waals surface area contributed by atoms with E-state index in [1.807, 2.05) is 54.2 Å². The fraction of sp³-hybridized carbons (Fsp3) is 0.381. The molecule has 7 nitrogen and oxygen atoms in total. The lowest BCUT2D eigenvalue weighted by Gasteiger charge is -2.18. The van der Waals surface area contributed by atoms with Crippen LogP contribution in [0.1, 0.15) is 43.6 Å². The van der Waals surface area contributed by atoms with Gasteiger partial charge < -0.3 is 4.90 Å². The van der Waals surface area contributed by atoms with Crippen LogP contribution in [0.15, 0.2) is 42.6 Å². The highest BCUT2D eigenvalue weighted by Gasteiger charge is 2.18. The lowest BCUT2D eigenvalue weighted by molar-refractivity contribution is 0.220. The molecule has 0 spiro atoms. The molecule has 3 aromatic rings. The molecule has 0 aliphatic carbocycles. The van der Waals surface area contributed by atoms with Crippen LogP contribution in [0.4, 0.5) is 10.6 Å². The molecule has 0 aliphatic rings. The molecular weight excluding hydrogens is 352 g/mol. The van der Waals surface area contributed by atoms with Crippen molar-refractivity contribution in [2.24, 2.45) is 0 Å². The molecule has 2 heterocycles. The van der Waals surface area contributed by atoms with Crippen molar-refractivity contribution in [3.63, 3.8) is 0 Å². The van der Waals surface area contributed by atoms with Gasteiger partial charge in [0, 0.05) is 30.9 Å². The minimum Gasteiger partial charge on any atom is -0.323 e. The van der Waals surface area contributed by atoms with Gasteiger partial charge in [-0.2, -0.15) is 10.2 Å². The van der Waals surface area contributed by atoms with Gasteiger partial charge >= 0.3 is 6.03 Å². The third-order valence-corrected chi connectivity index (χ3v) is 4.81. The number of amides is 2. The zero-order valence-corrected chi connectivity index (χ0v) is 17.2. The van der Waals surface area contributed by atoms with Crippen LogP contribution in [0.3, 0.4) is 0 Å². The molecular formula is C21H28N6O. The van der Waals surface area contributed by atoms with E-state index in [1.165, 1.54) is 0 Å². The van der Waals surface area contributed by atoms with Crippen molar-refractivity contribution in [3.8, 4) is 5.69 Å². The van der Waals surface area contributed by atoms with Gasteiger partial charge in [-0.15, -0.1) is 0 Å². The molecule has 0 saturated heterocycles. The molecule has 0 radical (unpaired) electrons. The summed E-state index contributed by atoms with van der Waals surface area (Å²) in [6.07, 6.45) is 1.83. The maximum absolute atomic E-state index is 12.8. The standard InChI is InChI=1S/C21H28N6O/c1-6-26-16(4)17(13-22-26)14-25(5)21(28)23-20-12-19(15(2)3)24-27(20)18-10-8-7-9-11-18/h7-13,15H,6,14H2,1-5H3,(H,23,28). The van der Waals surface area contributed by atoms with Crippen molar-refractivity contribution in [1.29, 1.82) is 0 Å². The number of anilines is 1. The first kappa shape index (κ1) is 19.7. The van der Waals surface area contributed by atoms with Gasteiger partial charge in [-0.05, 0) is 31.9 Å². The third-order valence-electron chi connectivity index (χ3n) is 4.81. The largest absolute Gasteiger partial charge is 0.323 e. The number of nitrogens with zero attached hydrogens (tertiary/aromatic N) is 5. The SMILES string of the molecule is CCn1ncc(CN(C)C(=O)Nc2cc(C(C)C)nn2-c2ccccc2)c1C. The molecule has 3 rings (SSSR count). The van der Waals surface area contributed by atoms with Crippen molar-refractivity contribution in [1.82, 2.24) is 24.5 Å². The number of benzene rings is 1. The number of rotatable bonds is 6. The normalized spacial score (nSPS) is 11.1. The smallest absolute Gasteiger partial charge is 0.323 e. The van der Waals surface area contributed by atoms with Crippen LogP contribution in [0.25, 0.3) is 5.69 Å². The average molecular weight is 380 g/mol. The molecule has 28 heavy (non-hydrogen) atoms. The summed E-state index contributed by atoms with van der Waals surface area (Å²) in [5.74, 6) is 0.925. The fourth-order valence-electron chi connectivity index (χ4n) is 3.03. The second kappa shape index (κ2) is 8.29. The van der Waals surface area contributed by atoms with E-state index in [0.717, 1.165) is 29.2 Å². The van der Waals surface area contributed by atoms with Crippen molar-refractivity contribution in [2.75, 3.05) is 12.4 Å². The van der Waals surface area contributed by atoms with Crippen molar-refractivity contribution in [3.05, 3.63) is 59.5 Å². The van der Waals surface area contributed by atoms with Crippen LogP contribution < -0.4 is 5.32 Å². The van der Waals surface area contributed by atoms with Gasteiger partial charge in [0.1, 0.15) is 5.82 Å². The predicted molar refractivity (Wildman–Crippen MR) is 111 cm³/mol. The molecule has 0 fully saturated rings. The molecule has 0 aliphatic heterocycles. The van der Waals surface area contributed by atoms with Gasteiger partial charge in [-0.3, -0.25) is 10.00 Å². The minimum absolute atomic E-state index is 0.184. The van der Waals surface area contributed by atoms with Crippen molar-refractivity contribution < 1.29 is 4.79 Å². The van der Waals surface area contributed by atoms with E-state index in [0.29, 0.717) is 12.4 Å². The second-order valence-electron chi connectivity index (χ2n) is 7.21. The summed E-state index contributed by atoms with van der Waals surface area (Å²) in [6, 6.07) is 11.6. The summed E-state index contributed by atoms with van der Waals surface area (Å²) in [6.45, 7) is 9.56. The maximum atomic E-state index is 12.8. The van der Waals surface area contributed by atoms with Gasteiger partial charge in [0.15, 0.2) is 0 Å². The van der Waals surface area contributed by atoms with Crippen LogP contribution in [-0.2, 0) is 13.1 Å². The van der Waals surface area contributed by atoms with E-state index in [4.69, 9.17) is 0 Å². The van der Waals surface area contributed by atoms with E-state index in [-0.39, 0.29) is 11.9 Å². The Morgan fingerprint density at radius 2 is 1.96 bits per heavy atom. The molecule has 2 amide bonds.